The van der Waals surface area contributed by atoms with Gasteiger partial charge in [-0.2, -0.15) is 0 Å². The number of thioether (sulfide) groups is 1. The van der Waals surface area contributed by atoms with E-state index < -0.39 is 0 Å². The summed E-state index contributed by atoms with van der Waals surface area (Å²) in [5, 5.41) is 12.0. The van der Waals surface area contributed by atoms with Crippen molar-refractivity contribution in [3.63, 3.8) is 0 Å². The maximum absolute atomic E-state index is 13.5. The number of amides is 1. The van der Waals surface area contributed by atoms with Gasteiger partial charge in [-0.05, 0) is 55.0 Å². The van der Waals surface area contributed by atoms with E-state index in [1.165, 1.54) is 68.5 Å². The van der Waals surface area contributed by atoms with Crippen molar-refractivity contribution in [3.05, 3.63) is 71.3 Å². The molecule has 35 heavy (non-hydrogen) atoms. The number of nitrogens with zero attached hydrogens (tertiary/aromatic N) is 3. The maximum atomic E-state index is 13.5. The fraction of sp³-hybridized carbons (Fsp3) is 0.407. The number of benzene rings is 2. The Morgan fingerprint density at radius 1 is 1.03 bits per heavy atom. The average molecular weight is 495 g/mol. The third-order valence-corrected chi connectivity index (χ3v) is 7.31. The van der Waals surface area contributed by atoms with Gasteiger partial charge < -0.3 is 5.32 Å². The van der Waals surface area contributed by atoms with E-state index in [1.807, 2.05) is 16.7 Å². The highest BCUT2D eigenvalue weighted by Gasteiger charge is 2.18. The molecule has 0 aliphatic heterocycles. The largest absolute Gasteiger partial charge is 0.356 e. The van der Waals surface area contributed by atoms with E-state index in [0.29, 0.717) is 41.8 Å². The van der Waals surface area contributed by atoms with Gasteiger partial charge in [0.05, 0.1) is 5.75 Å². The van der Waals surface area contributed by atoms with Crippen LogP contribution < -0.4 is 5.32 Å². The normalized spacial score (nSPS) is 14.1. The Bertz CT molecular complexity index is 1140. The second kappa shape index (κ2) is 12.1. The molecule has 1 aliphatic rings. The molecule has 0 spiro atoms. The van der Waals surface area contributed by atoms with Gasteiger partial charge in [-0.3, -0.25) is 14.2 Å². The molecule has 0 atom stereocenters. The molecule has 0 bridgehead atoms. The number of hydrogen-bond donors (Lipinski definition) is 1. The molecule has 1 heterocycles. The number of rotatable bonds is 10. The molecule has 4 rings (SSSR count). The Hall–Kier alpha value is -3.00. The fourth-order valence-electron chi connectivity index (χ4n) is 4.51. The highest BCUT2D eigenvalue weighted by Crippen LogP contribution is 2.32. The average Bonchev–Trinajstić information content (AvgIpc) is 3.29. The number of aromatic nitrogens is 3. The first-order valence-corrected chi connectivity index (χ1v) is 13.2. The smallest absolute Gasteiger partial charge is 0.216 e. The minimum atomic E-state index is -0.324. The van der Waals surface area contributed by atoms with Crippen molar-refractivity contribution in [1.82, 2.24) is 20.1 Å². The van der Waals surface area contributed by atoms with Crippen molar-refractivity contribution in [2.75, 3.05) is 12.3 Å². The van der Waals surface area contributed by atoms with E-state index in [0.717, 1.165) is 5.69 Å². The van der Waals surface area contributed by atoms with E-state index in [2.05, 4.69) is 27.6 Å². The van der Waals surface area contributed by atoms with E-state index in [4.69, 9.17) is 0 Å². The zero-order valence-electron chi connectivity index (χ0n) is 20.0. The standard InChI is InChI=1S/C27H31FN4O2S/c1-19(33)29-17-5-8-26-30-31-27(32(26)24-15-13-23(28)14-16-24)35-18-25(34)22-11-9-21(10-12-22)20-6-3-2-4-7-20/h9-16,20H,2-8,17-18H2,1H3,(H,29,33). The second-order valence-electron chi connectivity index (χ2n) is 8.97. The van der Waals surface area contributed by atoms with Crippen LogP contribution in [-0.2, 0) is 11.2 Å². The number of halogens is 1. The highest BCUT2D eigenvalue weighted by molar-refractivity contribution is 7.99. The van der Waals surface area contributed by atoms with Crippen LogP contribution in [0.4, 0.5) is 4.39 Å². The number of carbonyl (C=O) groups excluding carboxylic acids is 2. The molecule has 1 aliphatic carbocycles. The van der Waals surface area contributed by atoms with Gasteiger partial charge >= 0.3 is 0 Å². The Labute approximate surface area is 209 Å². The van der Waals surface area contributed by atoms with Crippen LogP contribution in [0, 0.1) is 5.82 Å². The van der Waals surface area contributed by atoms with Gasteiger partial charge in [0.1, 0.15) is 11.6 Å². The zero-order chi connectivity index (χ0) is 24.6. The topological polar surface area (TPSA) is 76.9 Å². The van der Waals surface area contributed by atoms with Crippen LogP contribution in [0.25, 0.3) is 5.69 Å². The van der Waals surface area contributed by atoms with Crippen LogP contribution >= 0.6 is 11.8 Å². The van der Waals surface area contributed by atoms with Crippen LogP contribution in [0.1, 0.15) is 73.1 Å². The molecule has 0 saturated heterocycles. The number of carbonyl (C=O) groups is 2. The van der Waals surface area contributed by atoms with Gasteiger partial charge in [0.2, 0.25) is 5.91 Å². The molecule has 0 radical (unpaired) electrons. The van der Waals surface area contributed by atoms with Gasteiger partial charge in [-0.1, -0.05) is 55.3 Å². The monoisotopic (exact) mass is 494 g/mol. The number of ketones is 1. The third-order valence-electron chi connectivity index (χ3n) is 6.38. The van der Waals surface area contributed by atoms with Crippen molar-refractivity contribution in [2.45, 2.75) is 62.9 Å². The van der Waals surface area contributed by atoms with Crippen LogP contribution in [0.2, 0.25) is 0 Å². The van der Waals surface area contributed by atoms with Gasteiger partial charge in [0.15, 0.2) is 10.9 Å². The van der Waals surface area contributed by atoms with E-state index in [9.17, 15) is 14.0 Å². The van der Waals surface area contributed by atoms with Gasteiger partial charge in [-0.25, -0.2) is 4.39 Å². The predicted molar refractivity (Wildman–Crippen MR) is 136 cm³/mol. The molecule has 8 heteroatoms. The molecule has 2 aromatic carbocycles. The first kappa shape index (κ1) is 25.1. The SMILES string of the molecule is CC(=O)NCCCc1nnc(SCC(=O)c2ccc(C3CCCCC3)cc2)n1-c1ccc(F)cc1. The molecular weight excluding hydrogens is 463 g/mol. The van der Waals surface area contributed by atoms with Crippen molar-refractivity contribution < 1.29 is 14.0 Å². The summed E-state index contributed by atoms with van der Waals surface area (Å²) >= 11 is 1.32. The van der Waals surface area contributed by atoms with Crippen molar-refractivity contribution in [2.24, 2.45) is 0 Å². The molecule has 1 saturated carbocycles. The minimum Gasteiger partial charge on any atom is -0.356 e. The van der Waals surface area contributed by atoms with Crippen molar-refractivity contribution in [3.8, 4) is 5.69 Å². The Kier molecular flexibility index (Phi) is 8.69. The van der Waals surface area contributed by atoms with Gasteiger partial charge in [0.25, 0.3) is 0 Å². The lowest BCUT2D eigenvalue weighted by Gasteiger charge is -2.22. The molecule has 1 aromatic heterocycles. The number of nitrogens with one attached hydrogen (secondary N) is 1. The van der Waals surface area contributed by atoms with Gasteiger partial charge in [-0.15, -0.1) is 10.2 Å². The lowest BCUT2D eigenvalue weighted by molar-refractivity contribution is -0.118. The van der Waals surface area contributed by atoms with Crippen molar-refractivity contribution in [1.29, 1.82) is 0 Å². The molecular formula is C27H31FN4O2S. The number of aryl methyl sites for hydroxylation is 1. The quantitative estimate of drug-likeness (QED) is 0.229. The van der Waals surface area contributed by atoms with E-state index in [-0.39, 0.29) is 23.3 Å². The summed E-state index contributed by atoms with van der Waals surface area (Å²) in [5.41, 5.74) is 2.76. The van der Waals surface area contributed by atoms with Crippen molar-refractivity contribution >= 4 is 23.5 Å². The Balaban J connectivity index is 1.44. The minimum absolute atomic E-state index is 0.0334. The van der Waals surface area contributed by atoms with E-state index in [1.54, 1.807) is 12.1 Å². The zero-order valence-corrected chi connectivity index (χ0v) is 20.8. The van der Waals surface area contributed by atoms with Crippen LogP contribution in [0.15, 0.2) is 53.7 Å². The van der Waals surface area contributed by atoms with E-state index >= 15 is 0 Å². The Morgan fingerprint density at radius 3 is 2.43 bits per heavy atom. The molecule has 0 unspecified atom stereocenters. The van der Waals surface area contributed by atoms with Crippen LogP contribution in [0.5, 0.6) is 0 Å². The molecule has 6 nitrogen and oxygen atoms in total. The predicted octanol–water partition coefficient (Wildman–Crippen LogP) is 5.50. The first-order valence-electron chi connectivity index (χ1n) is 12.2. The lowest BCUT2D eigenvalue weighted by atomic mass is 9.84. The highest BCUT2D eigenvalue weighted by atomic mass is 32.2. The molecule has 1 fully saturated rings. The summed E-state index contributed by atoms with van der Waals surface area (Å²) in [7, 11) is 0. The summed E-state index contributed by atoms with van der Waals surface area (Å²) < 4.78 is 15.4. The Morgan fingerprint density at radius 2 is 1.74 bits per heavy atom. The van der Waals surface area contributed by atoms with Crippen LogP contribution in [0.3, 0.4) is 0 Å². The third kappa shape index (κ3) is 6.78. The number of Topliss-reactive ketones (excluding diaryl/α,β-unsaturated/α-hetero) is 1. The van der Waals surface area contributed by atoms with Gasteiger partial charge in [0, 0.05) is 31.1 Å². The molecule has 184 valence electrons. The summed E-state index contributed by atoms with van der Waals surface area (Å²) in [4.78, 5) is 24.0. The fourth-order valence-corrected chi connectivity index (χ4v) is 5.37. The molecule has 3 aromatic rings. The summed E-state index contributed by atoms with van der Waals surface area (Å²) in [6.45, 7) is 2.01. The molecule has 1 N–H and O–H groups in total. The van der Waals surface area contributed by atoms with Crippen LogP contribution in [-0.4, -0.2) is 38.8 Å². The summed E-state index contributed by atoms with van der Waals surface area (Å²) in [6.07, 6.45) is 7.63. The maximum Gasteiger partial charge on any atom is 0.216 e. The number of hydrogen-bond acceptors (Lipinski definition) is 5. The summed E-state index contributed by atoms with van der Waals surface area (Å²) in [5.74, 6) is 1.18. The summed E-state index contributed by atoms with van der Waals surface area (Å²) in [6, 6.07) is 14.2. The second-order valence-corrected chi connectivity index (χ2v) is 9.91. The lowest BCUT2D eigenvalue weighted by Crippen LogP contribution is -2.21. The molecule has 1 amide bonds. The first-order chi connectivity index (χ1) is 17.0.